The van der Waals surface area contributed by atoms with Crippen LogP contribution in [0.1, 0.15) is 17.2 Å². The predicted octanol–water partition coefficient (Wildman–Crippen LogP) is 3.97. The van der Waals surface area contributed by atoms with Crippen LogP contribution in [0.15, 0.2) is 46.9 Å². The van der Waals surface area contributed by atoms with Crippen molar-refractivity contribution in [2.24, 2.45) is 0 Å². The average molecular weight is 350 g/mol. The van der Waals surface area contributed by atoms with Gasteiger partial charge in [0.05, 0.1) is 14.2 Å². The van der Waals surface area contributed by atoms with Crippen LogP contribution in [0.25, 0.3) is 0 Å². The molecule has 0 radical (unpaired) electrons. The Bertz CT molecular complexity index is 601. The van der Waals surface area contributed by atoms with Gasteiger partial charge in [0.2, 0.25) is 0 Å². The van der Waals surface area contributed by atoms with Crippen molar-refractivity contribution < 1.29 is 9.47 Å². The van der Waals surface area contributed by atoms with Crippen LogP contribution in [0.4, 0.5) is 0 Å². The van der Waals surface area contributed by atoms with Gasteiger partial charge in [-0.2, -0.15) is 0 Å². The lowest BCUT2D eigenvalue weighted by molar-refractivity contribution is 0.391. The van der Waals surface area contributed by atoms with E-state index >= 15 is 0 Å². The van der Waals surface area contributed by atoms with Gasteiger partial charge in [0.15, 0.2) is 0 Å². The van der Waals surface area contributed by atoms with Gasteiger partial charge < -0.3 is 14.8 Å². The van der Waals surface area contributed by atoms with Gasteiger partial charge in [0, 0.05) is 16.1 Å². The lowest BCUT2D eigenvalue weighted by Gasteiger charge is -2.20. The van der Waals surface area contributed by atoms with E-state index in [9.17, 15) is 0 Å². The fourth-order valence-electron chi connectivity index (χ4n) is 2.38. The van der Waals surface area contributed by atoms with Gasteiger partial charge in [0.1, 0.15) is 11.5 Å². The number of hydrogen-bond acceptors (Lipinski definition) is 3. The second-order valence-electron chi connectivity index (χ2n) is 4.78. The van der Waals surface area contributed by atoms with Gasteiger partial charge in [-0.15, -0.1) is 0 Å². The Labute approximate surface area is 134 Å². The van der Waals surface area contributed by atoms with Crippen LogP contribution in [-0.4, -0.2) is 21.3 Å². The molecule has 0 aliphatic rings. The molecule has 0 aliphatic heterocycles. The van der Waals surface area contributed by atoms with Crippen molar-refractivity contribution in [3.05, 3.63) is 58.1 Å². The Kier molecular flexibility index (Phi) is 5.65. The molecule has 3 nitrogen and oxygen atoms in total. The smallest absolute Gasteiger partial charge is 0.123 e. The van der Waals surface area contributed by atoms with Crippen LogP contribution in [-0.2, 0) is 6.42 Å². The van der Waals surface area contributed by atoms with Crippen LogP contribution in [0, 0.1) is 0 Å². The molecule has 2 aromatic carbocycles. The topological polar surface area (TPSA) is 30.5 Å². The molecule has 1 atom stereocenters. The Balaban J connectivity index is 2.32. The fourth-order valence-corrected chi connectivity index (χ4v) is 2.83. The van der Waals surface area contributed by atoms with E-state index in [1.807, 2.05) is 31.3 Å². The zero-order valence-electron chi connectivity index (χ0n) is 12.5. The molecule has 2 rings (SSSR count). The number of hydrogen-bond donors (Lipinski definition) is 1. The van der Waals surface area contributed by atoms with E-state index in [1.54, 1.807) is 14.2 Å². The molecule has 4 heteroatoms. The van der Waals surface area contributed by atoms with Crippen molar-refractivity contribution >= 4 is 15.9 Å². The minimum absolute atomic E-state index is 0.157. The van der Waals surface area contributed by atoms with Crippen molar-refractivity contribution in [1.29, 1.82) is 0 Å². The van der Waals surface area contributed by atoms with Crippen LogP contribution in [0.2, 0.25) is 0 Å². The number of rotatable bonds is 6. The summed E-state index contributed by atoms with van der Waals surface area (Å²) >= 11 is 3.52. The van der Waals surface area contributed by atoms with Crippen molar-refractivity contribution in [1.82, 2.24) is 5.32 Å². The summed E-state index contributed by atoms with van der Waals surface area (Å²) in [6.45, 7) is 0. The van der Waals surface area contributed by atoms with Gasteiger partial charge >= 0.3 is 0 Å². The number of benzene rings is 2. The molecule has 112 valence electrons. The Morgan fingerprint density at radius 3 is 2.52 bits per heavy atom. The number of likely N-dealkylation sites (N-methyl/N-ethyl adjacent to an activating group) is 1. The van der Waals surface area contributed by atoms with Crippen LogP contribution >= 0.6 is 15.9 Å². The maximum atomic E-state index is 5.48. The lowest BCUT2D eigenvalue weighted by atomic mass is 9.98. The van der Waals surface area contributed by atoms with Gasteiger partial charge in [0.25, 0.3) is 0 Å². The SMILES string of the molecule is CNC(Cc1cccc(Br)c1)c1cc(OC)ccc1OC. The monoisotopic (exact) mass is 349 g/mol. The zero-order valence-corrected chi connectivity index (χ0v) is 14.1. The molecule has 0 heterocycles. The van der Waals surface area contributed by atoms with Gasteiger partial charge in [-0.3, -0.25) is 0 Å². The number of nitrogens with one attached hydrogen (secondary N) is 1. The first-order valence-corrected chi connectivity index (χ1v) is 7.61. The summed E-state index contributed by atoms with van der Waals surface area (Å²) in [5.41, 5.74) is 2.35. The highest BCUT2D eigenvalue weighted by Crippen LogP contribution is 2.31. The molecular weight excluding hydrogens is 330 g/mol. The molecular formula is C17H20BrNO2. The molecule has 1 N–H and O–H groups in total. The highest BCUT2D eigenvalue weighted by atomic mass is 79.9. The summed E-state index contributed by atoms with van der Waals surface area (Å²) in [4.78, 5) is 0. The van der Waals surface area contributed by atoms with E-state index in [1.165, 1.54) is 5.56 Å². The Morgan fingerprint density at radius 2 is 1.90 bits per heavy atom. The molecule has 0 spiro atoms. The predicted molar refractivity (Wildman–Crippen MR) is 89.2 cm³/mol. The molecule has 0 fully saturated rings. The van der Waals surface area contributed by atoms with E-state index in [2.05, 4.69) is 39.4 Å². The maximum absolute atomic E-state index is 5.48. The van der Waals surface area contributed by atoms with Gasteiger partial charge in [-0.05, 0) is 49.4 Å². The molecule has 2 aromatic rings. The zero-order chi connectivity index (χ0) is 15.2. The number of halogens is 1. The molecule has 1 unspecified atom stereocenters. The third-order valence-electron chi connectivity index (χ3n) is 3.49. The first-order chi connectivity index (χ1) is 10.2. The summed E-state index contributed by atoms with van der Waals surface area (Å²) in [5, 5.41) is 3.36. The van der Waals surface area contributed by atoms with Crippen LogP contribution in [0.5, 0.6) is 11.5 Å². The van der Waals surface area contributed by atoms with E-state index in [-0.39, 0.29) is 6.04 Å². The van der Waals surface area contributed by atoms with Crippen molar-refractivity contribution in [2.45, 2.75) is 12.5 Å². The first kappa shape index (κ1) is 15.9. The Hall–Kier alpha value is -1.52. The molecule has 0 saturated carbocycles. The first-order valence-electron chi connectivity index (χ1n) is 6.81. The summed E-state index contributed by atoms with van der Waals surface area (Å²) in [7, 11) is 5.33. The molecule has 21 heavy (non-hydrogen) atoms. The van der Waals surface area contributed by atoms with Crippen molar-refractivity contribution in [3.63, 3.8) is 0 Å². The number of ether oxygens (including phenoxy) is 2. The summed E-state index contributed by atoms with van der Waals surface area (Å²) in [6.07, 6.45) is 0.874. The third-order valence-corrected chi connectivity index (χ3v) is 3.98. The molecule has 0 bridgehead atoms. The van der Waals surface area contributed by atoms with E-state index in [0.29, 0.717) is 0 Å². The summed E-state index contributed by atoms with van der Waals surface area (Å²) in [5.74, 6) is 1.70. The standard InChI is InChI=1S/C17H20BrNO2/c1-19-16(10-12-5-4-6-13(18)9-12)15-11-14(20-2)7-8-17(15)21-3/h4-9,11,16,19H,10H2,1-3H3. The molecule has 0 saturated heterocycles. The van der Waals surface area contributed by atoms with Gasteiger partial charge in [-0.25, -0.2) is 0 Å². The molecule has 0 aromatic heterocycles. The third kappa shape index (κ3) is 3.99. The highest BCUT2D eigenvalue weighted by Gasteiger charge is 2.16. The summed E-state index contributed by atoms with van der Waals surface area (Å²) in [6, 6.07) is 14.4. The highest BCUT2D eigenvalue weighted by molar-refractivity contribution is 9.10. The largest absolute Gasteiger partial charge is 0.497 e. The second kappa shape index (κ2) is 7.48. The van der Waals surface area contributed by atoms with Crippen LogP contribution < -0.4 is 14.8 Å². The summed E-state index contributed by atoms with van der Waals surface area (Å²) < 4.78 is 11.9. The van der Waals surface area contributed by atoms with E-state index in [0.717, 1.165) is 28.0 Å². The lowest BCUT2D eigenvalue weighted by Crippen LogP contribution is -2.19. The molecule has 0 amide bonds. The van der Waals surface area contributed by atoms with E-state index < -0.39 is 0 Å². The average Bonchev–Trinajstić information content (AvgIpc) is 2.52. The minimum Gasteiger partial charge on any atom is -0.497 e. The second-order valence-corrected chi connectivity index (χ2v) is 5.70. The van der Waals surface area contributed by atoms with Crippen molar-refractivity contribution in [3.8, 4) is 11.5 Å². The quantitative estimate of drug-likeness (QED) is 0.855. The minimum atomic E-state index is 0.157. The fraction of sp³-hybridized carbons (Fsp3) is 0.294. The van der Waals surface area contributed by atoms with Crippen LogP contribution in [0.3, 0.4) is 0 Å². The Morgan fingerprint density at radius 1 is 1.10 bits per heavy atom. The number of methoxy groups -OCH3 is 2. The van der Waals surface area contributed by atoms with Gasteiger partial charge in [-0.1, -0.05) is 28.1 Å². The maximum Gasteiger partial charge on any atom is 0.123 e. The normalized spacial score (nSPS) is 12.0. The van der Waals surface area contributed by atoms with Crippen molar-refractivity contribution in [2.75, 3.05) is 21.3 Å². The molecule has 0 aliphatic carbocycles. The van der Waals surface area contributed by atoms with E-state index in [4.69, 9.17) is 9.47 Å².